The third-order valence-corrected chi connectivity index (χ3v) is 8.84. The lowest BCUT2D eigenvalue weighted by atomic mass is 9.79. The van der Waals surface area contributed by atoms with Gasteiger partial charge < -0.3 is 14.7 Å². The number of aryl methyl sites for hydroxylation is 1. The summed E-state index contributed by atoms with van der Waals surface area (Å²) in [5.41, 5.74) is 1.99. The molecule has 5 rings (SSSR count). The fraction of sp³-hybridized carbons (Fsp3) is 0.385. The first kappa shape index (κ1) is 24.2. The number of carbonyl (C=O) groups is 2. The number of aromatic nitrogens is 2. The van der Waals surface area contributed by atoms with Crippen molar-refractivity contribution in [1.29, 1.82) is 0 Å². The van der Waals surface area contributed by atoms with Gasteiger partial charge in [0.05, 0.1) is 10.6 Å². The molecule has 2 aromatic carbocycles. The van der Waals surface area contributed by atoms with Gasteiger partial charge in [-0.05, 0) is 55.2 Å². The van der Waals surface area contributed by atoms with Crippen LogP contribution in [0.3, 0.4) is 0 Å². The number of benzene rings is 2. The van der Waals surface area contributed by atoms with Gasteiger partial charge in [-0.1, -0.05) is 30.3 Å². The van der Waals surface area contributed by atoms with Crippen molar-refractivity contribution >= 4 is 27.3 Å². The summed E-state index contributed by atoms with van der Waals surface area (Å²) in [4.78, 5) is 30.9. The fourth-order valence-corrected chi connectivity index (χ4v) is 5.97. The summed E-state index contributed by atoms with van der Waals surface area (Å²) in [6.07, 6.45) is 2.09. The van der Waals surface area contributed by atoms with Crippen LogP contribution in [0.15, 0.2) is 57.9 Å². The van der Waals surface area contributed by atoms with Crippen LogP contribution in [0.25, 0.3) is 11.5 Å². The first-order chi connectivity index (χ1) is 17.2. The minimum absolute atomic E-state index is 0.0719. The second-order valence-electron chi connectivity index (χ2n) is 9.67. The fourth-order valence-electron chi connectivity index (χ4n) is 4.69. The molecule has 0 unspecified atom stereocenters. The molecule has 2 aliphatic rings. The molecule has 0 radical (unpaired) electrons. The Labute approximate surface area is 209 Å². The van der Waals surface area contributed by atoms with Crippen LogP contribution in [0.2, 0.25) is 0 Å². The minimum atomic E-state index is -3.62. The zero-order valence-electron chi connectivity index (χ0n) is 20.1. The SMILES string of the molecule is CC1(c2noc(-c3ccccc3)n2)CCN(C(=O)CCS(=O)(=O)c2ccc3c(c2)CCC(=O)N3)CC1. The molecule has 1 fully saturated rings. The number of nitrogens with one attached hydrogen (secondary N) is 1. The maximum absolute atomic E-state index is 12.9. The highest BCUT2D eigenvalue weighted by molar-refractivity contribution is 7.91. The Bertz CT molecular complexity index is 1390. The number of fused-ring (bicyclic) bond motifs is 1. The summed E-state index contributed by atoms with van der Waals surface area (Å²) in [6.45, 7) is 3.07. The Morgan fingerprint density at radius 2 is 1.86 bits per heavy atom. The van der Waals surface area contributed by atoms with Crippen LogP contribution in [0.1, 0.15) is 44.0 Å². The molecular formula is C26H28N4O5S. The van der Waals surface area contributed by atoms with E-state index in [1.807, 2.05) is 30.3 Å². The monoisotopic (exact) mass is 508 g/mol. The third-order valence-electron chi connectivity index (χ3n) is 7.12. The molecule has 0 bridgehead atoms. The molecule has 1 N–H and O–H groups in total. The predicted molar refractivity (Wildman–Crippen MR) is 133 cm³/mol. The molecular weight excluding hydrogens is 480 g/mol. The van der Waals surface area contributed by atoms with Gasteiger partial charge in [0.1, 0.15) is 0 Å². The van der Waals surface area contributed by atoms with Crippen molar-refractivity contribution in [2.24, 2.45) is 0 Å². The molecule has 1 saturated heterocycles. The number of hydrogen-bond donors (Lipinski definition) is 1. The molecule has 9 nitrogen and oxygen atoms in total. The van der Waals surface area contributed by atoms with Gasteiger partial charge in [-0.15, -0.1) is 0 Å². The Morgan fingerprint density at radius 1 is 1.11 bits per heavy atom. The molecule has 3 heterocycles. The molecule has 2 aliphatic heterocycles. The van der Waals surface area contributed by atoms with Crippen molar-refractivity contribution < 1.29 is 22.5 Å². The van der Waals surface area contributed by atoms with E-state index >= 15 is 0 Å². The highest BCUT2D eigenvalue weighted by atomic mass is 32.2. The number of rotatable bonds is 6. The van der Waals surface area contributed by atoms with Crippen molar-refractivity contribution in [3.05, 3.63) is 59.9 Å². The normalized spacial score (nSPS) is 17.4. The van der Waals surface area contributed by atoms with E-state index < -0.39 is 9.84 Å². The summed E-state index contributed by atoms with van der Waals surface area (Å²) < 4.78 is 31.3. The second-order valence-corrected chi connectivity index (χ2v) is 11.8. The van der Waals surface area contributed by atoms with E-state index in [1.54, 1.807) is 17.0 Å². The van der Waals surface area contributed by atoms with Crippen LogP contribution in [-0.4, -0.2) is 54.1 Å². The summed E-state index contributed by atoms with van der Waals surface area (Å²) in [7, 11) is -3.62. The summed E-state index contributed by atoms with van der Waals surface area (Å²) in [6, 6.07) is 14.3. The number of amides is 2. The maximum Gasteiger partial charge on any atom is 0.257 e. The van der Waals surface area contributed by atoms with E-state index in [9.17, 15) is 18.0 Å². The van der Waals surface area contributed by atoms with Crippen LogP contribution in [0.5, 0.6) is 0 Å². The van der Waals surface area contributed by atoms with Crippen LogP contribution < -0.4 is 5.32 Å². The highest BCUT2D eigenvalue weighted by Crippen LogP contribution is 2.34. The van der Waals surface area contributed by atoms with E-state index in [2.05, 4.69) is 22.4 Å². The van der Waals surface area contributed by atoms with Gasteiger partial charge in [-0.25, -0.2) is 8.42 Å². The summed E-state index contributed by atoms with van der Waals surface area (Å²) in [5, 5.41) is 6.95. The quantitative estimate of drug-likeness (QED) is 0.542. The predicted octanol–water partition coefficient (Wildman–Crippen LogP) is 3.37. The van der Waals surface area contributed by atoms with Gasteiger partial charge >= 0.3 is 0 Å². The lowest BCUT2D eigenvalue weighted by Gasteiger charge is -2.37. The number of sulfone groups is 1. The van der Waals surface area contributed by atoms with Crippen molar-refractivity contribution in [3.63, 3.8) is 0 Å². The number of anilines is 1. The van der Waals surface area contributed by atoms with E-state index in [1.165, 1.54) is 6.07 Å². The summed E-state index contributed by atoms with van der Waals surface area (Å²) >= 11 is 0. The van der Waals surface area contributed by atoms with E-state index in [0.29, 0.717) is 56.2 Å². The minimum Gasteiger partial charge on any atom is -0.343 e. The van der Waals surface area contributed by atoms with Crippen molar-refractivity contribution in [1.82, 2.24) is 15.0 Å². The van der Waals surface area contributed by atoms with Gasteiger partial charge in [-0.2, -0.15) is 4.98 Å². The molecule has 0 saturated carbocycles. The van der Waals surface area contributed by atoms with Crippen LogP contribution in [0, 0.1) is 0 Å². The molecule has 0 atom stereocenters. The van der Waals surface area contributed by atoms with Crippen molar-refractivity contribution in [2.75, 3.05) is 24.2 Å². The highest BCUT2D eigenvalue weighted by Gasteiger charge is 2.37. The first-order valence-corrected chi connectivity index (χ1v) is 13.7. The standard InChI is InChI=1S/C26H28N4O5S/c1-26(25-28-24(35-29-25)18-5-3-2-4-6-18)12-14-30(15-13-26)23(32)11-16-36(33,34)20-8-9-21-19(17-20)7-10-22(31)27-21/h2-6,8-9,17H,7,10-16H2,1H3,(H,27,31). The Morgan fingerprint density at radius 3 is 2.61 bits per heavy atom. The maximum atomic E-state index is 12.9. The molecule has 2 amide bonds. The van der Waals surface area contributed by atoms with Gasteiger partial charge in [-0.3, -0.25) is 9.59 Å². The van der Waals surface area contributed by atoms with Gasteiger partial charge in [0, 0.05) is 42.6 Å². The van der Waals surface area contributed by atoms with E-state index in [-0.39, 0.29) is 34.3 Å². The number of piperidine rings is 1. The zero-order valence-corrected chi connectivity index (χ0v) is 20.9. The van der Waals surface area contributed by atoms with E-state index in [4.69, 9.17) is 4.52 Å². The molecule has 0 aliphatic carbocycles. The molecule has 0 spiro atoms. The van der Waals surface area contributed by atoms with Crippen molar-refractivity contribution in [2.45, 2.75) is 49.3 Å². The van der Waals surface area contributed by atoms with Gasteiger partial charge in [0.15, 0.2) is 15.7 Å². The average Bonchev–Trinajstić information content (AvgIpc) is 3.39. The number of nitrogens with zero attached hydrogens (tertiary/aromatic N) is 3. The molecule has 188 valence electrons. The Kier molecular flexibility index (Phi) is 6.38. The topological polar surface area (TPSA) is 122 Å². The number of carbonyl (C=O) groups excluding carboxylic acids is 2. The zero-order chi connectivity index (χ0) is 25.3. The number of hydrogen-bond acceptors (Lipinski definition) is 7. The summed E-state index contributed by atoms with van der Waals surface area (Å²) in [5.74, 6) is 0.594. The smallest absolute Gasteiger partial charge is 0.257 e. The third kappa shape index (κ3) is 4.90. The van der Waals surface area contributed by atoms with Crippen LogP contribution >= 0.6 is 0 Å². The van der Waals surface area contributed by atoms with E-state index in [0.717, 1.165) is 11.1 Å². The second kappa shape index (κ2) is 9.50. The van der Waals surface area contributed by atoms with Gasteiger partial charge in [0.25, 0.3) is 5.89 Å². The first-order valence-electron chi connectivity index (χ1n) is 12.1. The lowest BCUT2D eigenvalue weighted by Crippen LogP contribution is -2.44. The van der Waals surface area contributed by atoms with Crippen LogP contribution in [0.4, 0.5) is 5.69 Å². The molecule has 36 heavy (non-hydrogen) atoms. The average molecular weight is 509 g/mol. The molecule has 3 aromatic rings. The van der Waals surface area contributed by atoms with Crippen LogP contribution in [-0.2, 0) is 31.3 Å². The Hall–Kier alpha value is -3.53. The Balaban J connectivity index is 1.18. The largest absolute Gasteiger partial charge is 0.343 e. The number of likely N-dealkylation sites (tertiary alicyclic amines) is 1. The van der Waals surface area contributed by atoms with Gasteiger partial charge in [0.2, 0.25) is 11.8 Å². The molecule has 10 heteroatoms. The van der Waals surface area contributed by atoms with Crippen molar-refractivity contribution in [3.8, 4) is 11.5 Å². The lowest BCUT2D eigenvalue weighted by molar-refractivity contribution is -0.132. The molecule has 1 aromatic heterocycles.